The van der Waals surface area contributed by atoms with E-state index in [0.29, 0.717) is 17.9 Å². The molecule has 150 valence electrons. The first kappa shape index (κ1) is 20.3. The van der Waals surface area contributed by atoms with Gasteiger partial charge in [0.25, 0.3) is 5.91 Å². The summed E-state index contributed by atoms with van der Waals surface area (Å²) in [5.41, 5.74) is 1.37. The summed E-state index contributed by atoms with van der Waals surface area (Å²) in [6, 6.07) is 11.9. The molecule has 0 saturated heterocycles. The summed E-state index contributed by atoms with van der Waals surface area (Å²) < 4.78 is 11.3. The molecule has 1 fully saturated rings. The lowest BCUT2D eigenvalue weighted by molar-refractivity contribution is -0.0251. The molecule has 1 unspecified atom stereocenters. The molecule has 0 radical (unpaired) electrons. The molecule has 0 spiro atoms. The standard InChI is InChI=1S/C23H29NO4/c1-4-8-15(2)20-11-16(3)21(23(26)28-20)22(25)24-18-12-19(13-18)27-14-17-9-6-5-7-10-17/h5-7,9-11,15,18-19H,4,8,12-14H2,1-3H3,(H,24,25). The van der Waals surface area contributed by atoms with Gasteiger partial charge in [-0.2, -0.15) is 0 Å². The molecule has 0 aliphatic heterocycles. The number of rotatable bonds is 8. The van der Waals surface area contributed by atoms with Gasteiger partial charge < -0.3 is 14.5 Å². The average Bonchev–Trinajstić information content (AvgIpc) is 2.63. The summed E-state index contributed by atoms with van der Waals surface area (Å²) in [7, 11) is 0. The van der Waals surface area contributed by atoms with Crippen LogP contribution in [0.15, 0.2) is 45.6 Å². The van der Waals surface area contributed by atoms with Gasteiger partial charge in [-0.1, -0.05) is 50.6 Å². The van der Waals surface area contributed by atoms with Crippen LogP contribution in [0.25, 0.3) is 0 Å². The van der Waals surface area contributed by atoms with Crippen molar-refractivity contribution < 1.29 is 13.9 Å². The zero-order chi connectivity index (χ0) is 20.1. The molecule has 1 heterocycles. The second-order valence-corrected chi connectivity index (χ2v) is 7.74. The molecule has 1 saturated carbocycles. The Bertz CT molecular complexity index is 853. The Labute approximate surface area is 166 Å². The van der Waals surface area contributed by atoms with Crippen LogP contribution < -0.4 is 10.9 Å². The summed E-state index contributed by atoms with van der Waals surface area (Å²) >= 11 is 0. The number of benzene rings is 1. The van der Waals surface area contributed by atoms with Crippen LogP contribution in [0.3, 0.4) is 0 Å². The molecular formula is C23H29NO4. The number of nitrogens with one attached hydrogen (secondary N) is 1. The smallest absolute Gasteiger partial charge is 0.349 e. The fourth-order valence-electron chi connectivity index (χ4n) is 3.59. The van der Waals surface area contributed by atoms with E-state index < -0.39 is 5.63 Å². The van der Waals surface area contributed by atoms with E-state index in [9.17, 15) is 9.59 Å². The maximum Gasteiger partial charge on any atom is 0.349 e. The molecule has 2 aromatic rings. The predicted octanol–water partition coefficient (Wildman–Crippen LogP) is 4.33. The van der Waals surface area contributed by atoms with Crippen LogP contribution in [0.4, 0.5) is 0 Å². The zero-order valence-corrected chi connectivity index (χ0v) is 16.9. The van der Waals surface area contributed by atoms with Crippen LogP contribution in [0.2, 0.25) is 0 Å². The number of ether oxygens (including phenoxy) is 1. The van der Waals surface area contributed by atoms with Crippen LogP contribution in [-0.2, 0) is 11.3 Å². The highest BCUT2D eigenvalue weighted by molar-refractivity contribution is 5.95. The van der Waals surface area contributed by atoms with Gasteiger partial charge in [-0.05, 0) is 43.4 Å². The van der Waals surface area contributed by atoms with Crippen molar-refractivity contribution in [1.82, 2.24) is 5.32 Å². The van der Waals surface area contributed by atoms with Crippen molar-refractivity contribution in [3.05, 3.63) is 69.3 Å². The quantitative estimate of drug-likeness (QED) is 0.737. The number of hydrogen-bond donors (Lipinski definition) is 1. The number of hydrogen-bond acceptors (Lipinski definition) is 4. The highest BCUT2D eigenvalue weighted by Gasteiger charge is 2.32. The molecule has 5 nitrogen and oxygen atoms in total. The van der Waals surface area contributed by atoms with Gasteiger partial charge in [-0.15, -0.1) is 0 Å². The van der Waals surface area contributed by atoms with E-state index in [-0.39, 0.29) is 29.5 Å². The highest BCUT2D eigenvalue weighted by Crippen LogP contribution is 2.25. The maximum absolute atomic E-state index is 12.6. The Morgan fingerprint density at radius 1 is 1.29 bits per heavy atom. The van der Waals surface area contributed by atoms with Crippen molar-refractivity contribution in [2.24, 2.45) is 0 Å². The van der Waals surface area contributed by atoms with Gasteiger partial charge in [0.05, 0.1) is 12.7 Å². The lowest BCUT2D eigenvalue weighted by Gasteiger charge is -2.35. The Kier molecular flexibility index (Phi) is 6.68. The van der Waals surface area contributed by atoms with E-state index >= 15 is 0 Å². The second kappa shape index (κ2) is 9.20. The lowest BCUT2D eigenvalue weighted by Crippen LogP contribution is -2.48. The molecule has 5 heteroatoms. The van der Waals surface area contributed by atoms with Gasteiger partial charge in [-0.3, -0.25) is 4.79 Å². The Hall–Kier alpha value is -2.40. The largest absolute Gasteiger partial charge is 0.427 e. The number of carbonyl (C=O) groups excluding carboxylic acids is 1. The van der Waals surface area contributed by atoms with Crippen LogP contribution in [-0.4, -0.2) is 18.1 Å². The van der Waals surface area contributed by atoms with Gasteiger partial charge in [0, 0.05) is 12.0 Å². The molecule has 28 heavy (non-hydrogen) atoms. The van der Waals surface area contributed by atoms with Crippen LogP contribution in [0.1, 0.15) is 72.7 Å². The van der Waals surface area contributed by atoms with Gasteiger partial charge in [-0.25, -0.2) is 4.79 Å². The summed E-state index contributed by atoms with van der Waals surface area (Å²) in [5, 5.41) is 2.94. The van der Waals surface area contributed by atoms with Crippen LogP contribution in [0.5, 0.6) is 0 Å². The fraction of sp³-hybridized carbons (Fsp3) is 0.478. The minimum Gasteiger partial charge on any atom is -0.427 e. The third kappa shape index (κ3) is 4.90. The van der Waals surface area contributed by atoms with Crippen LogP contribution >= 0.6 is 0 Å². The van der Waals surface area contributed by atoms with Gasteiger partial charge in [0.1, 0.15) is 11.3 Å². The zero-order valence-electron chi connectivity index (χ0n) is 16.9. The first-order chi connectivity index (χ1) is 13.5. The van der Waals surface area contributed by atoms with Gasteiger partial charge >= 0.3 is 5.63 Å². The fourth-order valence-corrected chi connectivity index (χ4v) is 3.59. The Balaban J connectivity index is 1.52. The Morgan fingerprint density at radius 3 is 2.64 bits per heavy atom. The van der Waals surface area contributed by atoms with Crippen LogP contribution in [0, 0.1) is 6.92 Å². The van der Waals surface area contributed by atoms with E-state index in [1.54, 1.807) is 6.92 Å². The molecular weight excluding hydrogens is 354 g/mol. The van der Waals surface area contributed by atoms with Crippen molar-refractivity contribution in [1.29, 1.82) is 0 Å². The summed E-state index contributed by atoms with van der Waals surface area (Å²) in [6.45, 7) is 6.50. The molecule has 1 amide bonds. The number of aryl methyl sites for hydroxylation is 1. The van der Waals surface area contributed by atoms with Crippen molar-refractivity contribution in [2.45, 2.75) is 71.1 Å². The molecule has 1 aromatic heterocycles. The van der Waals surface area contributed by atoms with Crippen molar-refractivity contribution in [3.8, 4) is 0 Å². The summed E-state index contributed by atoms with van der Waals surface area (Å²) in [5.74, 6) is 0.467. The van der Waals surface area contributed by atoms with E-state index in [2.05, 4.69) is 12.2 Å². The topological polar surface area (TPSA) is 68.5 Å². The summed E-state index contributed by atoms with van der Waals surface area (Å²) in [6.07, 6.45) is 3.62. The predicted molar refractivity (Wildman–Crippen MR) is 109 cm³/mol. The number of amides is 1. The van der Waals surface area contributed by atoms with E-state index in [1.807, 2.05) is 43.3 Å². The second-order valence-electron chi connectivity index (χ2n) is 7.74. The first-order valence-electron chi connectivity index (χ1n) is 10.1. The normalized spacial score (nSPS) is 19.7. The van der Waals surface area contributed by atoms with Crippen molar-refractivity contribution in [2.75, 3.05) is 0 Å². The molecule has 1 aromatic carbocycles. The molecule has 0 bridgehead atoms. The molecule has 1 atom stereocenters. The maximum atomic E-state index is 12.6. The van der Waals surface area contributed by atoms with Crippen molar-refractivity contribution in [3.63, 3.8) is 0 Å². The Morgan fingerprint density at radius 2 is 2.00 bits per heavy atom. The third-order valence-corrected chi connectivity index (χ3v) is 5.36. The highest BCUT2D eigenvalue weighted by atomic mass is 16.5. The van der Waals surface area contributed by atoms with E-state index in [4.69, 9.17) is 9.15 Å². The van der Waals surface area contributed by atoms with Gasteiger partial charge in [0.2, 0.25) is 0 Å². The van der Waals surface area contributed by atoms with E-state index in [1.165, 1.54) is 0 Å². The van der Waals surface area contributed by atoms with E-state index in [0.717, 1.165) is 31.2 Å². The first-order valence-corrected chi connectivity index (χ1v) is 10.1. The number of carbonyl (C=O) groups is 1. The van der Waals surface area contributed by atoms with Gasteiger partial charge in [0.15, 0.2) is 0 Å². The monoisotopic (exact) mass is 383 g/mol. The summed E-state index contributed by atoms with van der Waals surface area (Å²) in [4.78, 5) is 24.9. The minimum absolute atomic E-state index is 0.0331. The lowest BCUT2D eigenvalue weighted by atomic mass is 9.89. The minimum atomic E-state index is -0.549. The molecule has 1 aliphatic carbocycles. The average molecular weight is 383 g/mol. The van der Waals surface area contributed by atoms with Crippen molar-refractivity contribution >= 4 is 5.91 Å². The molecule has 1 aliphatic rings. The molecule has 3 rings (SSSR count). The third-order valence-electron chi connectivity index (χ3n) is 5.36. The SMILES string of the molecule is CCCC(C)c1cc(C)c(C(=O)NC2CC(OCc3ccccc3)C2)c(=O)o1. The molecule has 1 N–H and O–H groups in total.